The zero-order valence-electron chi connectivity index (χ0n) is 7.54. The van der Waals surface area contributed by atoms with E-state index in [4.69, 9.17) is 5.73 Å². The first kappa shape index (κ1) is 8.70. The fraction of sp³-hybridized carbons (Fsp3) is 0.455. The van der Waals surface area contributed by atoms with E-state index in [1.807, 2.05) is 6.07 Å². The highest BCUT2D eigenvalue weighted by Crippen LogP contribution is 2.36. The van der Waals surface area contributed by atoms with Gasteiger partial charge in [-0.15, -0.1) is 0 Å². The minimum Gasteiger partial charge on any atom is -0.324 e. The van der Waals surface area contributed by atoms with Crippen LogP contribution in [0.1, 0.15) is 30.9 Å². The van der Waals surface area contributed by atoms with Gasteiger partial charge in [0.2, 0.25) is 0 Å². The maximum atomic E-state index is 12.8. The topological polar surface area (TPSA) is 26.0 Å². The molecule has 0 radical (unpaired) electrons. The van der Waals surface area contributed by atoms with Crippen molar-refractivity contribution < 1.29 is 4.39 Å². The average Bonchev–Trinajstić information content (AvgIpc) is 2.88. The minimum absolute atomic E-state index is 0.0169. The van der Waals surface area contributed by atoms with Gasteiger partial charge in [0.15, 0.2) is 0 Å². The fourth-order valence-corrected chi connectivity index (χ4v) is 1.59. The van der Waals surface area contributed by atoms with Crippen LogP contribution in [0, 0.1) is 11.7 Å². The van der Waals surface area contributed by atoms with Crippen LogP contribution in [-0.2, 0) is 0 Å². The third-order valence-corrected chi connectivity index (χ3v) is 2.56. The molecule has 1 atom stereocenters. The Bertz CT molecular complexity index is 294. The van der Waals surface area contributed by atoms with Crippen molar-refractivity contribution in [3.8, 4) is 0 Å². The molecule has 1 unspecified atom stereocenters. The lowest BCUT2D eigenvalue weighted by Gasteiger charge is -2.10. The van der Waals surface area contributed by atoms with Crippen molar-refractivity contribution in [2.24, 2.45) is 11.7 Å². The summed E-state index contributed by atoms with van der Waals surface area (Å²) in [6.45, 7) is 0. The van der Waals surface area contributed by atoms with Gasteiger partial charge in [-0.25, -0.2) is 4.39 Å². The highest BCUT2D eigenvalue weighted by molar-refractivity contribution is 5.19. The van der Waals surface area contributed by atoms with E-state index in [0.717, 1.165) is 17.9 Å². The van der Waals surface area contributed by atoms with Crippen LogP contribution >= 0.6 is 0 Å². The Hall–Kier alpha value is -0.890. The molecule has 1 aromatic rings. The SMILES string of the molecule is NC(CC1CC1)c1cccc(F)c1. The van der Waals surface area contributed by atoms with Crippen molar-refractivity contribution in [1.29, 1.82) is 0 Å². The Labute approximate surface area is 77.8 Å². The number of halogens is 1. The molecule has 0 heterocycles. The molecule has 0 amide bonds. The molecule has 0 aliphatic heterocycles. The molecular weight excluding hydrogens is 165 g/mol. The molecule has 0 saturated heterocycles. The van der Waals surface area contributed by atoms with Gasteiger partial charge >= 0.3 is 0 Å². The van der Waals surface area contributed by atoms with Crippen LogP contribution in [0.15, 0.2) is 24.3 Å². The second kappa shape index (κ2) is 3.46. The van der Waals surface area contributed by atoms with Crippen molar-refractivity contribution in [3.63, 3.8) is 0 Å². The normalized spacial score (nSPS) is 18.6. The van der Waals surface area contributed by atoms with E-state index in [-0.39, 0.29) is 11.9 Å². The van der Waals surface area contributed by atoms with Gasteiger partial charge in [0.25, 0.3) is 0 Å². The minimum atomic E-state index is -0.191. The lowest BCUT2D eigenvalue weighted by atomic mass is 10.0. The van der Waals surface area contributed by atoms with E-state index in [9.17, 15) is 4.39 Å². The molecule has 0 bridgehead atoms. The average molecular weight is 179 g/mol. The summed E-state index contributed by atoms with van der Waals surface area (Å²) >= 11 is 0. The van der Waals surface area contributed by atoms with Crippen molar-refractivity contribution >= 4 is 0 Å². The zero-order chi connectivity index (χ0) is 9.26. The zero-order valence-corrected chi connectivity index (χ0v) is 7.54. The first-order valence-corrected chi connectivity index (χ1v) is 4.77. The number of hydrogen-bond acceptors (Lipinski definition) is 1. The van der Waals surface area contributed by atoms with Crippen LogP contribution in [-0.4, -0.2) is 0 Å². The van der Waals surface area contributed by atoms with Crippen molar-refractivity contribution in [3.05, 3.63) is 35.6 Å². The monoisotopic (exact) mass is 179 g/mol. The van der Waals surface area contributed by atoms with Crippen molar-refractivity contribution in [1.82, 2.24) is 0 Å². The van der Waals surface area contributed by atoms with Gasteiger partial charge in [0.05, 0.1) is 0 Å². The maximum absolute atomic E-state index is 12.8. The van der Waals surface area contributed by atoms with Gasteiger partial charge in [-0.1, -0.05) is 25.0 Å². The molecule has 1 aliphatic rings. The first-order chi connectivity index (χ1) is 6.25. The predicted octanol–water partition coefficient (Wildman–Crippen LogP) is 2.63. The van der Waals surface area contributed by atoms with Crippen LogP contribution in [0.3, 0.4) is 0 Å². The Morgan fingerprint density at radius 1 is 1.46 bits per heavy atom. The summed E-state index contributed by atoms with van der Waals surface area (Å²) in [5, 5.41) is 0. The van der Waals surface area contributed by atoms with E-state index in [2.05, 4.69) is 0 Å². The van der Waals surface area contributed by atoms with Crippen LogP contribution in [0.25, 0.3) is 0 Å². The Morgan fingerprint density at radius 2 is 2.23 bits per heavy atom. The Morgan fingerprint density at radius 3 is 2.85 bits per heavy atom. The van der Waals surface area contributed by atoms with Gasteiger partial charge in [0, 0.05) is 6.04 Å². The van der Waals surface area contributed by atoms with Crippen LogP contribution in [0.4, 0.5) is 4.39 Å². The summed E-state index contributed by atoms with van der Waals surface area (Å²) in [5.41, 5.74) is 6.86. The smallest absolute Gasteiger partial charge is 0.123 e. The van der Waals surface area contributed by atoms with Gasteiger partial charge in [0.1, 0.15) is 5.82 Å². The third-order valence-electron chi connectivity index (χ3n) is 2.56. The number of benzene rings is 1. The molecule has 2 N–H and O–H groups in total. The summed E-state index contributed by atoms with van der Waals surface area (Å²) in [6.07, 6.45) is 3.59. The van der Waals surface area contributed by atoms with E-state index in [1.54, 1.807) is 6.07 Å². The first-order valence-electron chi connectivity index (χ1n) is 4.77. The molecule has 70 valence electrons. The molecule has 1 fully saturated rings. The molecule has 1 aromatic carbocycles. The summed E-state index contributed by atoms with van der Waals surface area (Å²) in [6, 6.07) is 6.62. The lowest BCUT2D eigenvalue weighted by molar-refractivity contribution is 0.583. The van der Waals surface area contributed by atoms with E-state index in [0.29, 0.717) is 0 Å². The van der Waals surface area contributed by atoms with Crippen LogP contribution < -0.4 is 5.73 Å². The molecule has 0 spiro atoms. The van der Waals surface area contributed by atoms with E-state index in [1.165, 1.54) is 25.0 Å². The predicted molar refractivity (Wildman–Crippen MR) is 50.7 cm³/mol. The molecule has 1 aliphatic carbocycles. The maximum Gasteiger partial charge on any atom is 0.123 e. The lowest BCUT2D eigenvalue weighted by Crippen LogP contribution is -2.10. The summed E-state index contributed by atoms with van der Waals surface area (Å²) < 4.78 is 12.8. The molecule has 2 heteroatoms. The standard InChI is InChI=1S/C11H14FN/c12-10-3-1-2-9(7-10)11(13)6-8-4-5-8/h1-3,7-8,11H,4-6,13H2. The Kier molecular flexibility index (Phi) is 2.32. The quantitative estimate of drug-likeness (QED) is 0.758. The highest BCUT2D eigenvalue weighted by Gasteiger charge is 2.24. The fourth-order valence-electron chi connectivity index (χ4n) is 1.59. The summed E-state index contributed by atoms with van der Waals surface area (Å²) in [7, 11) is 0. The highest BCUT2D eigenvalue weighted by atomic mass is 19.1. The van der Waals surface area contributed by atoms with E-state index < -0.39 is 0 Å². The van der Waals surface area contributed by atoms with Gasteiger partial charge in [-0.2, -0.15) is 0 Å². The Balaban J connectivity index is 2.04. The number of nitrogens with two attached hydrogens (primary N) is 1. The molecule has 2 rings (SSSR count). The molecule has 1 nitrogen and oxygen atoms in total. The third kappa shape index (κ3) is 2.28. The van der Waals surface area contributed by atoms with Crippen molar-refractivity contribution in [2.45, 2.75) is 25.3 Å². The van der Waals surface area contributed by atoms with Crippen molar-refractivity contribution in [2.75, 3.05) is 0 Å². The van der Waals surface area contributed by atoms with Crippen LogP contribution in [0.5, 0.6) is 0 Å². The second-order valence-corrected chi connectivity index (χ2v) is 3.84. The summed E-state index contributed by atoms with van der Waals surface area (Å²) in [5.74, 6) is 0.599. The molecule has 13 heavy (non-hydrogen) atoms. The number of hydrogen-bond donors (Lipinski definition) is 1. The molecule has 1 saturated carbocycles. The second-order valence-electron chi connectivity index (χ2n) is 3.84. The largest absolute Gasteiger partial charge is 0.324 e. The molecule has 0 aromatic heterocycles. The van der Waals surface area contributed by atoms with E-state index >= 15 is 0 Å². The van der Waals surface area contributed by atoms with Gasteiger partial charge in [-0.05, 0) is 30.0 Å². The van der Waals surface area contributed by atoms with Gasteiger partial charge < -0.3 is 5.73 Å². The molecular formula is C11H14FN. The summed E-state index contributed by atoms with van der Waals surface area (Å²) in [4.78, 5) is 0. The van der Waals surface area contributed by atoms with Crippen LogP contribution in [0.2, 0.25) is 0 Å². The number of rotatable bonds is 3. The van der Waals surface area contributed by atoms with Gasteiger partial charge in [-0.3, -0.25) is 0 Å².